The van der Waals surface area contributed by atoms with E-state index in [0.29, 0.717) is 71.9 Å². The summed E-state index contributed by atoms with van der Waals surface area (Å²) >= 11 is 6.10. The van der Waals surface area contributed by atoms with Crippen molar-refractivity contribution in [3.63, 3.8) is 0 Å². The molecule has 2 amide bonds. The van der Waals surface area contributed by atoms with Crippen LogP contribution in [0.15, 0.2) is 36.4 Å². The summed E-state index contributed by atoms with van der Waals surface area (Å²) in [6.07, 6.45) is 1.71. The SMILES string of the molecule is COC(=O)c1ccc(C(=O)N2CCC(CN3CCOC(CNC(=O)c4cc(Cl)c(N)cc4OC)C3)CC2)cc1. The Morgan fingerprint density at radius 1 is 1.08 bits per heavy atom. The van der Waals surface area contributed by atoms with Crippen molar-refractivity contribution >= 4 is 35.1 Å². The maximum Gasteiger partial charge on any atom is 0.337 e. The van der Waals surface area contributed by atoms with Crippen LogP contribution in [0.1, 0.15) is 43.9 Å². The first-order valence-corrected chi connectivity index (χ1v) is 13.4. The molecule has 0 aliphatic carbocycles. The first kappa shape index (κ1) is 28.7. The Kier molecular flexibility index (Phi) is 9.66. The second-order valence-corrected chi connectivity index (χ2v) is 10.2. The summed E-state index contributed by atoms with van der Waals surface area (Å²) < 4.78 is 15.9. The highest BCUT2D eigenvalue weighted by atomic mass is 35.5. The first-order valence-electron chi connectivity index (χ1n) is 13.0. The molecule has 2 aromatic rings. The van der Waals surface area contributed by atoms with Crippen molar-refractivity contribution in [1.29, 1.82) is 0 Å². The van der Waals surface area contributed by atoms with Gasteiger partial charge in [-0.1, -0.05) is 11.6 Å². The Bertz CT molecular complexity index is 1180. The van der Waals surface area contributed by atoms with E-state index in [9.17, 15) is 14.4 Å². The minimum absolute atomic E-state index is 0.0222. The van der Waals surface area contributed by atoms with Gasteiger partial charge < -0.3 is 30.2 Å². The molecule has 3 N–H and O–H groups in total. The molecule has 0 spiro atoms. The number of amides is 2. The van der Waals surface area contributed by atoms with Crippen molar-refractivity contribution in [2.75, 3.05) is 65.8 Å². The number of methoxy groups -OCH3 is 2. The van der Waals surface area contributed by atoms with Gasteiger partial charge >= 0.3 is 5.97 Å². The standard InChI is InChI=1S/C28H35ClN4O6/c1-37-25-14-24(30)23(29)13-22(25)26(34)31-15-21-17-32(11-12-39-21)16-18-7-9-33(10-8-18)27(35)19-3-5-20(6-4-19)28(36)38-2/h3-6,13-14,18,21H,7-12,15-17,30H2,1-2H3,(H,31,34). The monoisotopic (exact) mass is 558 g/mol. The largest absolute Gasteiger partial charge is 0.496 e. The van der Waals surface area contributed by atoms with Gasteiger partial charge in [-0.15, -0.1) is 0 Å². The molecule has 2 aliphatic heterocycles. The van der Waals surface area contributed by atoms with E-state index < -0.39 is 5.97 Å². The van der Waals surface area contributed by atoms with E-state index in [1.807, 2.05) is 4.90 Å². The lowest BCUT2D eigenvalue weighted by Crippen LogP contribution is -2.50. The highest BCUT2D eigenvalue weighted by Crippen LogP contribution is 2.29. The van der Waals surface area contributed by atoms with Crippen molar-refractivity contribution in [2.24, 2.45) is 5.92 Å². The molecule has 210 valence electrons. The summed E-state index contributed by atoms with van der Waals surface area (Å²) in [6, 6.07) is 9.62. The van der Waals surface area contributed by atoms with Crippen LogP contribution in [0.25, 0.3) is 0 Å². The zero-order valence-corrected chi connectivity index (χ0v) is 23.0. The van der Waals surface area contributed by atoms with E-state index in [1.165, 1.54) is 26.4 Å². The zero-order valence-electron chi connectivity index (χ0n) is 22.3. The van der Waals surface area contributed by atoms with Gasteiger partial charge in [0.1, 0.15) is 5.75 Å². The third-order valence-corrected chi connectivity index (χ3v) is 7.58. The summed E-state index contributed by atoms with van der Waals surface area (Å²) in [5, 5.41) is 3.22. The molecular formula is C28H35ClN4O6. The summed E-state index contributed by atoms with van der Waals surface area (Å²) in [6.45, 7) is 4.81. The topological polar surface area (TPSA) is 123 Å². The van der Waals surface area contributed by atoms with E-state index >= 15 is 0 Å². The number of nitrogen functional groups attached to an aromatic ring is 1. The molecule has 10 nitrogen and oxygen atoms in total. The number of ether oxygens (including phenoxy) is 3. The Morgan fingerprint density at radius 2 is 1.77 bits per heavy atom. The molecule has 2 saturated heterocycles. The van der Waals surface area contributed by atoms with Crippen molar-refractivity contribution in [3.05, 3.63) is 58.1 Å². The lowest BCUT2D eigenvalue weighted by Gasteiger charge is -2.38. The highest BCUT2D eigenvalue weighted by Gasteiger charge is 2.28. The maximum atomic E-state index is 12.9. The maximum absolute atomic E-state index is 12.9. The van der Waals surface area contributed by atoms with Crippen LogP contribution in [0.5, 0.6) is 5.75 Å². The number of carbonyl (C=O) groups excluding carboxylic acids is 3. The second kappa shape index (κ2) is 13.1. The average molecular weight is 559 g/mol. The third-order valence-electron chi connectivity index (χ3n) is 7.25. The van der Waals surface area contributed by atoms with Crippen molar-refractivity contribution in [2.45, 2.75) is 18.9 Å². The average Bonchev–Trinajstić information content (AvgIpc) is 2.97. The van der Waals surface area contributed by atoms with Crippen LogP contribution in [-0.2, 0) is 9.47 Å². The second-order valence-electron chi connectivity index (χ2n) is 9.84. The fourth-order valence-corrected chi connectivity index (χ4v) is 5.18. The van der Waals surface area contributed by atoms with E-state index in [0.717, 1.165) is 25.9 Å². The molecule has 0 radical (unpaired) electrons. The molecule has 0 aromatic heterocycles. The number of rotatable bonds is 8. The minimum Gasteiger partial charge on any atom is -0.496 e. The first-order chi connectivity index (χ1) is 18.8. The van der Waals surface area contributed by atoms with Gasteiger partial charge in [-0.3, -0.25) is 14.5 Å². The smallest absolute Gasteiger partial charge is 0.337 e. The number of carbonyl (C=O) groups is 3. The number of anilines is 1. The Morgan fingerprint density at radius 3 is 2.44 bits per heavy atom. The van der Waals surface area contributed by atoms with Crippen LogP contribution in [0.2, 0.25) is 5.02 Å². The molecule has 4 rings (SSSR count). The number of hydrogen-bond donors (Lipinski definition) is 2. The number of esters is 1. The molecule has 1 unspecified atom stereocenters. The fraction of sp³-hybridized carbons (Fsp3) is 0.464. The van der Waals surface area contributed by atoms with Crippen LogP contribution in [0, 0.1) is 5.92 Å². The molecule has 1 atom stereocenters. The number of nitrogens with one attached hydrogen (secondary N) is 1. The van der Waals surface area contributed by atoms with Gasteiger partial charge in [0.2, 0.25) is 0 Å². The van der Waals surface area contributed by atoms with Crippen LogP contribution in [0.4, 0.5) is 5.69 Å². The molecule has 11 heteroatoms. The Hall–Kier alpha value is -3.34. The van der Waals surface area contributed by atoms with Gasteiger partial charge in [-0.05, 0) is 49.1 Å². The van der Waals surface area contributed by atoms with E-state index in [4.69, 9.17) is 31.5 Å². The van der Waals surface area contributed by atoms with Gasteiger partial charge in [0.15, 0.2) is 0 Å². The van der Waals surface area contributed by atoms with Crippen molar-refractivity contribution in [1.82, 2.24) is 15.1 Å². The quantitative estimate of drug-likeness (QED) is 0.374. The van der Waals surface area contributed by atoms with Gasteiger partial charge in [0.25, 0.3) is 11.8 Å². The normalized spacial score (nSPS) is 18.4. The Labute approximate surface area is 233 Å². The lowest BCUT2D eigenvalue weighted by atomic mass is 9.95. The molecule has 2 fully saturated rings. The molecule has 2 heterocycles. The molecule has 39 heavy (non-hydrogen) atoms. The number of benzene rings is 2. The fourth-order valence-electron chi connectivity index (χ4n) is 5.02. The van der Waals surface area contributed by atoms with Gasteiger partial charge in [-0.25, -0.2) is 4.79 Å². The summed E-state index contributed by atoms with van der Waals surface area (Å²) in [4.78, 5) is 41.6. The van der Waals surface area contributed by atoms with E-state index in [1.54, 1.807) is 24.3 Å². The van der Waals surface area contributed by atoms with Crippen LogP contribution >= 0.6 is 11.6 Å². The number of halogens is 1. The van der Waals surface area contributed by atoms with Crippen LogP contribution in [0.3, 0.4) is 0 Å². The number of likely N-dealkylation sites (tertiary alicyclic amines) is 1. The van der Waals surface area contributed by atoms with Crippen molar-refractivity contribution < 1.29 is 28.6 Å². The van der Waals surface area contributed by atoms with Gasteiger partial charge in [0.05, 0.1) is 48.8 Å². The van der Waals surface area contributed by atoms with Crippen LogP contribution < -0.4 is 15.8 Å². The number of nitrogens with two attached hydrogens (primary N) is 1. The molecule has 0 bridgehead atoms. The highest BCUT2D eigenvalue weighted by molar-refractivity contribution is 6.33. The van der Waals surface area contributed by atoms with Gasteiger partial charge in [0, 0.05) is 50.9 Å². The van der Waals surface area contributed by atoms with Gasteiger partial charge in [-0.2, -0.15) is 0 Å². The summed E-state index contributed by atoms with van der Waals surface area (Å²) in [7, 11) is 2.81. The summed E-state index contributed by atoms with van der Waals surface area (Å²) in [5.74, 6) is 0.0981. The predicted molar refractivity (Wildman–Crippen MR) is 147 cm³/mol. The Balaban J connectivity index is 1.22. The van der Waals surface area contributed by atoms with E-state index in [-0.39, 0.29) is 17.9 Å². The molecule has 2 aliphatic rings. The number of piperidine rings is 1. The molecule has 2 aromatic carbocycles. The predicted octanol–water partition coefficient (Wildman–Crippen LogP) is 2.70. The minimum atomic E-state index is -0.422. The van der Waals surface area contributed by atoms with E-state index in [2.05, 4.69) is 10.2 Å². The lowest BCUT2D eigenvalue weighted by molar-refractivity contribution is -0.0332. The number of morpholine rings is 1. The third kappa shape index (κ3) is 7.20. The number of nitrogens with zero attached hydrogens (tertiary/aromatic N) is 2. The van der Waals surface area contributed by atoms with Crippen LogP contribution in [-0.4, -0.2) is 93.8 Å². The molecular weight excluding hydrogens is 524 g/mol. The summed E-state index contributed by atoms with van der Waals surface area (Å²) in [5.41, 5.74) is 7.47. The number of hydrogen-bond acceptors (Lipinski definition) is 8. The zero-order chi connectivity index (χ0) is 27.9. The molecule has 0 saturated carbocycles. The van der Waals surface area contributed by atoms with Crippen molar-refractivity contribution in [3.8, 4) is 5.75 Å².